The Labute approximate surface area is 413 Å². The number of anilines is 1. The van der Waals surface area contributed by atoms with Crippen LogP contribution in [0.2, 0.25) is 0 Å². The zero-order chi connectivity index (χ0) is 49.3. The molecule has 5 aromatic carbocycles. The number of methoxy groups -OCH3 is 1. The number of morpholine rings is 1. The van der Waals surface area contributed by atoms with E-state index in [1.807, 2.05) is 109 Å². The second-order valence-corrected chi connectivity index (χ2v) is 17.7. The van der Waals surface area contributed by atoms with Crippen molar-refractivity contribution in [1.82, 2.24) is 20.1 Å². The van der Waals surface area contributed by atoms with E-state index in [0.29, 0.717) is 47.5 Å². The number of ether oxygens (including phenoxy) is 4. The molecule has 2 N–H and O–H groups in total. The van der Waals surface area contributed by atoms with Gasteiger partial charge in [-0.25, -0.2) is 9.69 Å². The summed E-state index contributed by atoms with van der Waals surface area (Å²) in [4.78, 5) is 71.7. The fourth-order valence-corrected chi connectivity index (χ4v) is 10.4. The number of nitrogens with one attached hydrogen (secondary N) is 1. The van der Waals surface area contributed by atoms with Gasteiger partial charge in [0, 0.05) is 44.1 Å². The number of hydrogen-bond acceptors (Lipinski definition) is 12. The van der Waals surface area contributed by atoms with Crippen molar-refractivity contribution >= 4 is 29.6 Å². The number of imide groups is 1. The summed E-state index contributed by atoms with van der Waals surface area (Å²) in [7, 11) is 3.45. The summed E-state index contributed by atoms with van der Waals surface area (Å²) in [6, 6.07) is 43.4. The molecule has 9 rings (SSSR count). The fourth-order valence-electron chi connectivity index (χ4n) is 10.4. The number of benzene rings is 5. The number of carbonyl (C=O) groups is 4. The van der Waals surface area contributed by atoms with Gasteiger partial charge in [0.2, 0.25) is 11.8 Å². The van der Waals surface area contributed by atoms with Crippen LogP contribution in [0.25, 0.3) is 0 Å². The number of nitrogens with zero attached hydrogens (tertiary/aromatic N) is 4. The molecular weight excluding hydrogens is 899 g/mol. The van der Waals surface area contributed by atoms with Crippen LogP contribution in [-0.4, -0.2) is 103 Å². The first kappa shape index (κ1) is 48.4. The highest BCUT2D eigenvalue weighted by Crippen LogP contribution is 2.66. The van der Waals surface area contributed by atoms with Crippen LogP contribution in [0.1, 0.15) is 57.3 Å². The minimum Gasteiger partial charge on any atom is -0.491 e. The van der Waals surface area contributed by atoms with Crippen LogP contribution < -0.4 is 15.0 Å². The third-order valence-corrected chi connectivity index (χ3v) is 13.3. The first-order valence-electron chi connectivity index (χ1n) is 23.7. The lowest BCUT2D eigenvalue weighted by atomic mass is 9.65. The maximum Gasteiger partial charge on any atom is 0.421 e. The topological polar surface area (TPSA) is 160 Å². The molecule has 3 aliphatic rings. The van der Waals surface area contributed by atoms with Crippen molar-refractivity contribution < 1.29 is 43.2 Å². The molecular formula is C57H55N5O9. The number of aromatic nitrogens is 1. The Morgan fingerprint density at radius 3 is 2.25 bits per heavy atom. The van der Waals surface area contributed by atoms with Crippen molar-refractivity contribution in [3.63, 3.8) is 0 Å². The number of hydrogen-bond donors (Lipinski definition) is 2. The molecule has 6 atom stereocenters. The maximum atomic E-state index is 16.5. The maximum absolute atomic E-state index is 16.5. The molecule has 0 bridgehead atoms. The SMILES string of the molecule is COCCOC(=O)N1C(=O)[C@@]2(c3cc(C#CCN(C)Cc4ccccc4)ccc31)[C@H](C(=O)NCCc1ccccn1)[C@H]1C(=O)O[C@H](c3ccccc3)[C@H](c3ccccc3)N1[C@@H]2c1cccc(OCCO)c1. The van der Waals surface area contributed by atoms with E-state index in [1.165, 1.54) is 7.11 Å². The van der Waals surface area contributed by atoms with Crippen LogP contribution in [0.4, 0.5) is 10.5 Å². The molecule has 0 aliphatic carbocycles. The second-order valence-electron chi connectivity index (χ2n) is 17.7. The standard InChI is InChI=1S/C57H55N5O9/c1-60(38-40-16-6-3-7-17-40)31-15-18-39-26-27-47-46(36-39)57(55(66)61(47)56(67)70-35-34-68-2)48(53(64)59-30-28-44-24-12-13-29-58-44)50-54(65)71-51(42-21-10-5-11-22-42)49(41-19-8-4-9-20-41)62(50)52(57)43-23-14-25-45(37-43)69-33-32-63/h3-14,16-17,19-27,29,36-37,48-52,63H,28,30-35,38H2,1-2H3,(H,59,64)/t48-,49-,50-,51+,52+,57-/m0/s1. The van der Waals surface area contributed by atoms with E-state index < -0.39 is 59.4 Å². The molecule has 71 heavy (non-hydrogen) atoms. The second kappa shape index (κ2) is 22.0. The fraction of sp³-hybridized carbons (Fsp3) is 0.281. The largest absolute Gasteiger partial charge is 0.491 e. The Balaban J connectivity index is 1.28. The lowest BCUT2D eigenvalue weighted by Gasteiger charge is -2.46. The van der Waals surface area contributed by atoms with Gasteiger partial charge in [0.1, 0.15) is 36.5 Å². The lowest BCUT2D eigenvalue weighted by molar-refractivity contribution is -0.178. The highest BCUT2D eigenvalue weighted by Gasteiger charge is 2.75. The number of aliphatic hydroxyl groups is 1. The molecule has 1 aromatic heterocycles. The van der Waals surface area contributed by atoms with E-state index in [2.05, 4.69) is 39.2 Å². The first-order chi connectivity index (χ1) is 34.7. The highest BCUT2D eigenvalue weighted by atomic mass is 16.6. The number of aliphatic hydroxyl groups excluding tert-OH is 1. The van der Waals surface area contributed by atoms with Gasteiger partial charge in [0.25, 0.3) is 0 Å². The van der Waals surface area contributed by atoms with E-state index >= 15 is 14.4 Å². The van der Waals surface area contributed by atoms with Crippen LogP contribution in [0.3, 0.4) is 0 Å². The zero-order valence-electron chi connectivity index (χ0n) is 39.6. The van der Waals surface area contributed by atoms with E-state index in [4.69, 9.17) is 18.9 Å². The Morgan fingerprint density at radius 1 is 0.817 bits per heavy atom. The van der Waals surface area contributed by atoms with Gasteiger partial charge >= 0.3 is 12.1 Å². The van der Waals surface area contributed by atoms with Crippen LogP contribution in [-0.2, 0) is 47.0 Å². The molecule has 0 unspecified atom stereocenters. The number of rotatable bonds is 16. The van der Waals surface area contributed by atoms with Crippen molar-refractivity contribution in [3.8, 4) is 17.6 Å². The molecule has 6 aromatic rings. The molecule has 1 spiro atoms. The van der Waals surface area contributed by atoms with Gasteiger partial charge in [0.05, 0.1) is 43.4 Å². The lowest BCUT2D eigenvalue weighted by Crippen LogP contribution is -2.56. The quantitative estimate of drug-likeness (QED) is 0.0599. The Morgan fingerprint density at radius 2 is 1.54 bits per heavy atom. The third-order valence-electron chi connectivity index (χ3n) is 13.3. The molecule has 0 saturated carbocycles. The number of pyridine rings is 1. The molecule has 14 heteroatoms. The smallest absolute Gasteiger partial charge is 0.421 e. The van der Waals surface area contributed by atoms with Gasteiger partial charge in [-0.05, 0) is 77.3 Å². The van der Waals surface area contributed by atoms with Gasteiger partial charge in [-0.2, -0.15) is 0 Å². The predicted molar refractivity (Wildman–Crippen MR) is 265 cm³/mol. The molecule has 3 amide bonds. The number of carbonyl (C=O) groups excluding carboxylic acids is 4. The monoisotopic (exact) mass is 953 g/mol. The molecule has 14 nitrogen and oxygen atoms in total. The Bertz CT molecular complexity index is 2900. The molecule has 2 fully saturated rings. The van der Waals surface area contributed by atoms with Crippen LogP contribution in [0, 0.1) is 17.8 Å². The van der Waals surface area contributed by atoms with E-state index in [1.54, 1.807) is 48.7 Å². The van der Waals surface area contributed by atoms with E-state index in [9.17, 15) is 9.90 Å². The van der Waals surface area contributed by atoms with Crippen LogP contribution in [0.5, 0.6) is 5.75 Å². The minimum atomic E-state index is -2.04. The highest BCUT2D eigenvalue weighted by molar-refractivity contribution is 6.23. The summed E-state index contributed by atoms with van der Waals surface area (Å²) in [5.74, 6) is 3.35. The summed E-state index contributed by atoms with van der Waals surface area (Å²) in [6.07, 6.45) is 0.125. The summed E-state index contributed by atoms with van der Waals surface area (Å²) in [5.41, 5.74) is 2.77. The van der Waals surface area contributed by atoms with Crippen LogP contribution >= 0.6 is 0 Å². The number of cyclic esters (lactones) is 1. The zero-order valence-corrected chi connectivity index (χ0v) is 39.6. The number of esters is 1. The normalized spacial score (nSPS) is 21.2. The Hall–Kier alpha value is -7.67. The van der Waals surface area contributed by atoms with Crippen LogP contribution in [0.15, 0.2) is 158 Å². The summed E-state index contributed by atoms with van der Waals surface area (Å²) >= 11 is 0. The predicted octanol–water partition coefficient (Wildman–Crippen LogP) is 6.74. The van der Waals surface area contributed by atoms with Crippen molar-refractivity contribution in [1.29, 1.82) is 0 Å². The molecule has 2 saturated heterocycles. The summed E-state index contributed by atoms with van der Waals surface area (Å²) < 4.78 is 23.6. The minimum absolute atomic E-state index is 0.0205. The van der Waals surface area contributed by atoms with Gasteiger partial charge in [-0.3, -0.25) is 29.2 Å². The first-order valence-corrected chi connectivity index (χ1v) is 23.7. The molecule has 0 radical (unpaired) electrons. The molecule has 3 aliphatic heterocycles. The number of fused-ring (bicyclic) bond motifs is 3. The van der Waals surface area contributed by atoms with E-state index in [0.717, 1.165) is 21.7 Å². The van der Waals surface area contributed by atoms with Gasteiger partial charge < -0.3 is 29.4 Å². The molecule has 4 heterocycles. The number of amides is 3. The summed E-state index contributed by atoms with van der Waals surface area (Å²) in [6.45, 7) is 0.795. The van der Waals surface area contributed by atoms with Gasteiger partial charge in [-0.15, -0.1) is 0 Å². The Kier molecular flexibility index (Phi) is 15.0. The van der Waals surface area contributed by atoms with Crippen molar-refractivity contribution in [2.45, 2.75) is 42.6 Å². The van der Waals surface area contributed by atoms with E-state index in [-0.39, 0.29) is 38.7 Å². The van der Waals surface area contributed by atoms with Gasteiger partial charge in [0.15, 0.2) is 0 Å². The third kappa shape index (κ3) is 9.78. The van der Waals surface area contributed by atoms with Crippen molar-refractivity contribution in [2.24, 2.45) is 5.92 Å². The summed E-state index contributed by atoms with van der Waals surface area (Å²) in [5, 5.41) is 12.9. The molecule has 362 valence electrons. The average Bonchev–Trinajstić information content (AvgIpc) is 3.85. The van der Waals surface area contributed by atoms with Gasteiger partial charge in [-0.1, -0.05) is 121 Å². The van der Waals surface area contributed by atoms with Crippen molar-refractivity contribution in [2.75, 3.05) is 58.6 Å². The van der Waals surface area contributed by atoms with Crippen molar-refractivity contribution in [3.05, 3.63) is 197 Å². The average molecular weight is 954 g/mol.